The number of benzene rings is 1. The van der Waals surface area contributed by atoms with Crippen LogP contribution in [0.3, 0.4) is 0 Å². The molecule has 0 radical (unpaired) electrons. The molecule has 5 nitrogen and oxygen atoms in total. The zero-order valence-electron chi connectivity index (χ0n) is 12.8. The van der Waals surface area contributed by atoms with Crippen molar-refractivity contribution in [2.75, 3.05) is 0 Å². The first-order chi connectivity index (χ1) is 10.5. The molecule has 1 aromatic carbocycles. The number of carbonyl (C=O) groups excluding carboxylic acids is 1. The first-order valence-electron chi connectivity index (χ1n) is 7.38. The highest BCUT2D eigenvalue weighted by molar-refractivity contribution is 6.30. The Kier molecular flexibility index (Phi) is 5.95. The largest absolute Gasteiger partial charge is 0.352 e. The van der Waals surface area contributed by atoms with Crippen molar-refractivity contribution in [3.8, 4) is 0 Å². The van der Waals surface area contributed by atoms with Crippen LogP contribution in [0.4, 0.5) is 0 Å². The number of aryl methyl sites for hydroxylation is 1. The van der Waals surface area contributed by atoms with Crippen LogP contribution in [0, 0.1) is 0 Å². The molecule has 0 unspecified atom stereocenters. The van der Waals surface area contributed by atoms with Crippen molar-refractivity contribution < 1.29 is 9.32 Å². The molecule has 1 heterocycles. The van der Waals surface area contributed by atoms with Gasteiger partial charge in [-0.3, -0.25) is 4.79 Å². The molecule has 0 bridgehead atoms. The fourth-order valence-electron chi connectivity index (χ4n) is 1.90. The van der Waals surface area contributed by atoms with Gasteiger partial charge in [0.2, 0.25) is 11.8 Å². The number of rotatable bonds is 7. The van der Waals surface area contributed by atoms with Crippen molar-refractivity contribution >= 4 is 17.5 Å². The first kappa shape index (κ1) is 16.5. The fraction of sp³-hybridized carbons (Fsp3) is 0.438. The SMILES string of the molecule is CC(C)c1noc(CCCC(=O)NCc2ccc(Cl)cc2)n1. The van der Waals surface area contributed by atoms with Crippen LogP contribution in [-0.2, 0) is 17.8 Å². The van der Waals surface area contributed by atoms with Crippen LogP contribution < -0.4 is 5.32 Å². The van der Waals surface area contributed by atoms with E-state index in [0.717, 1.165) is 5.56 Å². The van der Waals surface area contributed by atoms with E-state index in [4.69, 9.17) is 16.1 Å². The number of carbonyl (C=O) groups is 1. The number of nitrogens with one attached hydrogen (secondary N) is 1. The monoisotopic (exact) mass is 321 g/mol. The maximum absolute atomic E-state index is 11.8. The minimum atomic E-state index is 0.0125. The van der Waals surface area contributed by atoms with Gasteiger partial charge in [0.05, 0.1) is 0 Å². The highest BCUT2D eigenvalue weighted by Crippen LogP contribution is 2.11. The molecule has 0 saturated heterocycles. The highest BCUT2D eigenvalue weighted by Gasteiger charge is 2.10. The molecule has 0 saturated carbocycles. The van der Waals surface area contributed by atoms with E-state index >= 15 is 0 Å². The summed E-state index contributed by atoms with van der Waals surface area (Å²) in [6, 6.07) is 7.42. The van der Waals surface area contributed by atoms with Crippen LogP contribution in [0.1, 0.15) is 49.9 Å². The predicted octanol–water partition coefficient (Wildman–Crippen LogP) is 3.49. The fourth-order valence-corrected chi connectivity index (χ4v) is 2.02. The second-order valence-corrected chi connectivity index (χ2v) is 5.89. The number of amides is 1. The van der Waals surface area contributed by atoms with Crippen molar-refractivity contribution in [2.24, 2.45) is 0 Å². The number of nitrogens with zero attached hydrogens (tertiary/aromatic N) is 2. The first-order valence-corrected chi connectivity index (χ1v) is 7.76. The molecular formula is C16H20ClN3O2. The van der Waals surface area contributed by atoms with Crippen LogP contribution in [0.5, 0.6) is 0 Å². The maximum Gasteiger partial charge on any atom is 0.226 e. The summed E-state index contributed by atoms with van der Waals surface area (Å²) in [5.41, 5.74) is 1.02. The van der Waals surface area contributed by atoms with E-state index in [1.54, 1.807) is 0 Å². The molecule has 1 aromatic heterocycles. The topological polar surface area (TPSA) is 68.0 Å². The van der Waals surface area contributed by atoms with Gasteiger partial charge < -0.3 is 9.84 Å². The Morgan fingerprint density at radius 3 is 2.68 bits per heavy atom. The summed E-state index contributed by atoms with van der Waals surface area (Å²) in [5, 5.41) is 7.47. The Labute approximate surface area is 135 Å². The van der Waals surface area contributed by atoms with Crippen molar-refractivity contribution in [3.05, 3.63) is 46.6 Å². The molecule has 0 atom stereocenters. The third-order valence-electron chi connectivity index (χ3n) is 3.20. The number of hydrogen-bond acceptors (Lipinski definition) is 4. The third-order valence-corrected chi connectivity index (χ3v) is 3.45. The molecule has 22 heavy (non-hydrogen) atoms. The normalized spacial score (nSPS) is 10.9. The molecule has 2 rings (SSSR count). The number of halogens is 1. The van der Waals surface area contributed by atoms with Gasteiger partial charge in [0.25, 0.3) is 0 Å². The summed E-state index contributed by atoms with van der Waals surface area (Å²) in [6.07, 6.45) is 1.74. The lowest BCUT2D eigenvalue weighted by molar-refractivity contribution is -0.121. The lowest BCUT2D eigenvalue weighted by Crippen LogP contribution is -2.22. The van der Waals surface area contributed by atoms with E-state index in [2.05, 4.69) is 15.5 Å². The van der Waals surface area contributed by atoms with E-state index in [9.17, 15) is 4.79 Å². The molecule has 0 aliphatic carbocycles. The second kappa shape index (κ2) is 7.94. The standard InChI is InChI=1S/C16H20ClN3O2/c1-11(2)16-19-15(22-20-16)5-3-4-14(21)18-10-12-6-8-13(17)9-7-12/h6-9,11H,3-5,10H2,1-2H3,(H,18,21). The van der Waals surface area contributed by atoms with Crippen LogP contribution in [0.25, 0.3) is 0 Å². The summed E-state index contributed by atoms with van der Waals surface area (Å²) in [4.78, 5) is 16.1. The van der Waals surface area contributed by atoms with Gasteiger partial charge in [0, 0.05) is 30.3 Å². The van der Waals surface area contributed by atoms with Gasteiger partial charge in [-0.2, -0.15) is 4.98 Å². The van der Waals surface area contributed by atoms with E-state index in [1.165, 1.54) is 0 Å². The minimum Gasteiger partial charge on any atom is -0.352 e. The number of hydrogen-bond donors (Lipinski definition) is 1. The van der Waals surface area contributed by atoms with Crippen LogP contribution >= 0.6 is 11.6 Å². The summed E-state index contributed by atoms with van der Waals surface area (Å²) < 4.78 is 5.14. The average molecular weight is 322 g/mol. The second-order valence-electron chi connectivity index (χ2n) is 5.46. The van der Waals surface area contributed by atoms with Gasteiger partial charge in [-0.25, -0.2) is 0 Å². The molecule has 0 fully saturated rings. The molecule has 118 valence electrons. The van der Waals surface area contributed by atoms with Crippen LogP contribution in [0.2, 0.25) is 5.02 Å². The van der Waals surface area contributed by atoms with E-state index in [0.29, 0.717) is 42.5 Å². The number of aromatic nitrogens is 2. The summed E-state index contributed by atoms with van der Waals surface area (Å²) >= 11 is 5.82. The predicted molar refractivity (Wildman–Crippen MR) is 84.6 cm³/mol. The lowest BCUT2D eigenvalue weighted by Gasteiger charge is -2.04. The van der Waals surface area contributed by atoms with Gasteiger partial charge in [-0.15, -0.1) is 0 Å². The van der Waals surface area contributed by atoms with Crippen LogP contribution in [-0.4, -0.2) is 16.0 Å². The quantitative estimate of drug-likeness (QED) is 0.847. The van der Waals surface area contributed by atoms with Crippen molar-refractivity contribution in [2.45, 2.75) is 45.6 Å². The zero-order chi connectivity index (χ0) is 15.9. The Morgan fingerprint density at radius 1 is 1.32 bits per heavy atom. The molecule has 1 amide bonds. The molecular weight excluding hydrogens is 302 g/mol. The van der Waals surface area contributed by atoms with Crippen LogP contribution in [0.15, 0.2) is 28.8 Å². The molecule has 2 aromatic rings. The molecule has 6 heteroatoms. The lowest BCUT2D eigenvalue weighted by atomic mass is 10.2. The Hall–Kier alpha value is -1.88. The zero-order valence-corrected chi connectivity index (χ0v) is 13.6. The van der Waals surface area contributed by atoms with Gasteiger partial charge in [-0.1, -0.05) is 42.7 Å². The Morgan fingerprint density at radius 2 is 2.05 bits per heavy atom. The molecule has 1 N–H and O–H groups in total. The Balaban J connectivity index is 1.68. The van der Waals surface area contributed by atoms with E-state index in [-0.39, 0.29) is 11.8 Å². The smallest absolute Gasteiger partial charge is 0.226 e. The van der Waals surface area contributed by atoms with Crippen molar-refractivity contribution in [1.29, 1.82) is 0 Å². The Bertz CT molecular complexity index is 608. The maximum atomic E-state index is 11.8. The molecule has 0 spiro atoms. The van der Waals surface area contributed by atoms with Gasteiger partial charge >= 0.3 is 0 Å². The van der Waals surface area contributed by atoms with E-state index < -0.39 is 0 Å². The van der Waals surface area contributed by atoms with Crippen molar-refractivity contribution in [1.82, 2.24) is 15.5 Å². The van der Waals surface area contributed by atoms with E-state index in [1.807, 2.05) is 38.1 Å². The van der Waals surface area contributed by atoms with Gasteiger partial charge in [0.1, 0.15) is 0 Å². The summed E-state index contributed by atoms with van der Waals surface area (Å²) in [7, 11) is 0. The highest BCUT2D eigenvalue weighted by atomic mass is 35.5. The molecule has 0 aliphatic heterocycles. The van der Waals surface area contributed by atoms with Crippen molar-refractivity contribution in [3.63, 3.8) is 0 Å². The van der Waals surface area contributed by atoms with Gasteiger partial charge in [-0.05, 0) is 24.1 Å². The average Bonchev–Trinajstić information content (AvgIpc) is 2.96. The molecule has 0 aliphatic rings. The van der Waals surface area contributed by atoms with Gasteiger partial charge in [0.15, 0.2) is 5.82 Å². The minimum absolute atomic E-state index is 0.0125. The summed E-state index contributed by atoms with van der Waals surface area (Å²) in [6.45, 7) is 4.53. The third kappa shape index (κ3) is 5.15. The summed E-state index contributed by atoms with van der Waals surface area (Å²) in [5.74, 6) is 1.56.